The summed E-state index contributed by atoms with van der Waals surface area (Å²) in [6.07, 6.45) is 4.05. The van der Waals surface area contributed by atoms with Crippen molar-refractivity contribution in [3.63, 3.8) is 0 Å². The Kier molecular flexibility index (Phi) is 3.40. The highest BCUT2D eigenvalue weighted by Crippen LogP contribution is 2.38. The Bertz CT molecular complexity index is 460. The van der Waals surface area contributed by atoms with Crippen molar-refractivity contribution in [1.29, 1.82) is 0 Å². The Balaban J connectivity index is 1.80. The molecular formula is C15H18ClNO2. The molecule has 2 fully saturated rings. The fourth-order valence-corrected chi connectivity index (χ4v) is 3.74. The van der Waals surface area contributed by atoms with Gasteiger partial charge in [-0.1, -0.05) is 0 Å². The first kappa shape index (κ1) is 12.8. The Labute approximate surface area is 118 Å². The summed E-state index contributed by atoms with van der Waals surface area (Å²) in [5.74, 6) is 0.915. The molecule has 2 bridgehead atoms. The summed E-state index contributed by atoms with van der Waals surface area (Å²) < 4.78 is 5.12. The minimum absolute atomic E-state index is 0.138. The van der Waals surface area contributed by atoms with E-state index in [1.165, 1.54) is 0 Å². The van der Waals surface area contributed by atoms with Gasteiger partial charge in [0.2, 0.25) is 0 Å². The van der Waals surface area contributed by atoms with E-state index in [-0.39, 0.29) is 11.3 Å². The number of carbonyl (C=O) groups is 1. The summed E-state index contributed by atoms with van der Waals surface area (Å²) in [7, 11) is 1.63. The second kappa shape index (κ2) is 5.04. The van der Waals surface area contributed by atoms with E-state index in [0.717, 1.165) is 37.0 Å². The van der Waals surface area contributed by atoms with Gasteiger partial charge >= 0.3 is 0 Å². The molecule has 19 heavy (non-hydrogen) atoms. The van der Waals surface area contributed by atoms with E-state index in [2.05, 4.69) is 4.90 Å². The van der Waals surface area contributed by atoms with E-state index in [9.17, 15) is 4.79 Å². The van der Waals surface area contributed by atoms with E-state index >= 15 is 0 Å². The van der Waals surface area contributed by atoms with Crippen LogP contribution in [-0.4, -0.2) is 35.4 Å². The van der Waals surface area contributed by atoms with Gasteiger partial charge < -0.3 is 9.64 Å². The third-order valence-electron chi connectivity index (χ3n) is 4.25. The number of fused-ring (bicyclic) bond motifs is 2. The summed E-state index contributed by atoms with van der Waals surface area (Å²) in [6, 6.07) is 8.01. The van der Waals surface area contributed by atoms with Crippen molar-refractivity contribution in [2.45, 2.75) is 43.1 Å². The molecule has 1 amide bonds. The second-order valence-corrected chi connectivity index (χ2v) is 6.01. The van der Waals surface area contributed by atoms with Crippen molar-refractivity contribution in [3.05, 3.63) is 29.8 Å². The van der Waals surface area contributed by atoms with Gasteiger partial charge in [-0.25, -0.2) is 0 Å². The Hall–Kier alpha value is -1.22. The van der Waals surface area contributed by atoms with E-state index in [1.807, 2.05) is 24.3 Å². The van der Waals surface area contributed by atoms with Crippen LogP contribution in [0.4, 0.5) is 0 Å². The molecule has 0 aromatic heterocycles. The van der Waals surface area contributed by atoms with Crippen LogP contribution in [0.25, 0.3) is 0 Å². The minimum atomic E-state index is 0.138. The fraction of sp³-hybridized carbons (Fsp3) is 0.533. The van der Waals surface area contributed by atoms with Gasteiger partial charge in [-0.05, 0) is 49.9 Å². The number of alkyl halides is 1. The number of halogens is 1. The summed E-state index contributed by atoms with van der Waals surface area (Å²) in [5, 5.41) is 0.234. The van der Waals surface area contributed by atoms with E-state index in [1.54, 1.807) is 7.11 Å². The Morgan fingerprint density at radius 2 is 1.79 bits per heavy atom. The van der Waals surface area contributed by atoms with Crippen molar-refractivity contribution >= 4 is 17.5 Å². The fourth-order valence-electron chi connectivity index (χ4n) is 3.32. The molecule has 0 N–H and O–H groups in total. The molecule has 102 valence electrons. The molecule has 0 saturated carbocycles. The molecule has 1 aromatic rings. The molecule has 2 atom stereocenters. The topological polar surface area (TPSA) is 29.5 Å². The summed E-state index contributed by atoms with van der Waals surface area (Å²) in [6.45, 7) is 0. The SMILES string of the molecule is COc1ccc(C(=O)N2C3CCC2CC(Cl)C3)cc1. The van der Waals surface area contributed by atoms with Gasteiger partial charge in [-0.15, -0.1) is 11.6 Å². The van der Waals surface area contributed by atoms with Crippen LogP contribution >= 0.6 is 11.6 Å². The number of hydrogen-bond donors (Lipinski definition) is 0. The molecule has 0 spiro atoms. The monoisotopic (exact) mass is 279 g/mol. The van der Waals surface area contributed by atoms with Crippen LogP contribution in [0.5, 0.6) is 5.75 Å². The number of methoxy groups -OCH3 is 1. The molecule has 0 radical (unpaired) electrons. The maximum Gasteiger partial charge on any atom is 0.254 e. The van der Waals surface area contributed by atoms with Crippen LogP contribution in [0.3, 0.4) is 0 Å². The van der Waals surface area contributed by atoms with Crippen molar-refractivity contribution in [2.75, 3.05) is 7.11 Å². The molecular weight excluding hydrogens is 262 g/mol. The lowest BCUT2D eigenvalue weighted by Crippen LogP contribution is -2.46. The lowest BCUT2D eigenvalue weighted by molar-refractivity contribution is 0.0599. The third-order valence-corrected chi connectivity index (χ3v) is 4.60. The normalized spacial score (nSPS) is 29.4. The number of piperidine rings is 1. The van der Waals surface area contributed by atoms with Crippen molar-refractivity contribution in [3.8, 4) is 5.75 Å². The number of benzene rings is 1. The van der Waals surface area contributed by atoms with Crippen LogP contribution in [0.1, 0.15) is 36.0 Å². The van der Waals surface area contributed by atoms with Crippen molar-refractivity contribution in [2.24, 2.45) is 0 Å². The number of carbonyl (C=O) groups excluding carboxylic acids is 1. The highest BCUT2D eigenvalue weighted by molar-refractivity contribution is 6.20. The molecule has 0 aliphatic carbocycles. The van der Waals surface area contributed by atoms with Crippen LogP contribution in [-0.2, 0) is 0 Å². The molecule has 1 aromatic carbocycles. The van der Waals surface area contributed by atoms with Crippen LogP contribution in [0, 0.1) is 0 Å². The summed E-state index contributed by atoms with van der Waals surface area (Å²) in [5.41, 5.74) is 0.741. The zero-order valence-electron chi connectivity index (χ0n) is 11.0. The second-order valence-electron chi connectivity index (χ2n) is 5.39. The molecule has 2 aliphatic rings. The van der Waals surface area contributed by atoms with Gasteiger partial charge in [0.05, 0.1) is 7.11 Å². The third kappa shape index (κ3) is 2.32. The first-order chi connectivity index (χ1) is 9.19. The van der Waals surface area contributed by atoms with Crippen molar-refractivity contribution < 1.29 is 9.53 Å². The largest absolute Gasteiger partial charge is 0.497 e. The molecule has 3 nitrogen and oxygen atoms in total. The average molecular weight is 280 g/mol. The molecule has 4 heteroatoms. The number of ether oxygens (including phenoxy) is 1. The maximum atomic E-state index is 12.6. The lowest BCUT2D eigenvalue weighted by Gasteiger charge is -2.37. The van der Waals surface area contributed by atoms with Gasteiger partial charge in [-0.2, -0.15) is 0 Å². The van der Waals surface area contributed by atoms with E-state index < -0.39 is 0 Å². The Morgan fingerprint density at radius 3 is 2.32 bits per heavy atom. The Morgan fingerprint density at radius 1 is 1.21 bits per heavy atom. The number of hydrogen-bond acceptors (Lipinski definition) is 2. The zero-order valence-corrected chi connectivity index (χ0v) is 11.8. The quantitative estimate of drug-likeness (QED) is 0.779. The highest BCUT2D eigenvalue weighted by Gasteiger charge is 2.42. The van der Waals surface area contributed by atoms with E-state index in [4.69, 9.17) is 16.3 Å². The highest BCUT2D eigenvalue weighted by atomic mass is 35.5. The molecule has 2 heterocycles. The van der Waals surface area contributed by atoms with Crippen molar-refractivity contribution in [1.82, 2.24) is 4.90 Å². The van der Waals surface area contributed by atoms with Gasteiger partial charge in [0, 0.05) is 23.0 Å². The van der Waals surface area contributed by atoms with Crippen LogP contribution in [0.2, 0.25) is 0 Å². The number of amides is 1. The van der Waals surface area contributed by atoms with Crippen LogP contribution in [0.15, 0.2) is 24.3 Å². The number of rotatable bonds is 2. The van der Waals surface area contributed by atoms with Crippen LogP contribution < -0.4 is 4.74 Å². The maximum absolute atomic E-state index is 12.6. The smallest absolute Gasteiger partial charge is 0.254 e. The molecule has 2 unspecified atom stereocenters. The van der Waals surface area contributed by atoms with Gasteiger partial charge in [0.25, 0.3) is 5.91 Å². The zero-order chi connectivity index (χ0) is 13.4. The summed E-state index contributed by atoms with van der Waals surface area (Å²) in [4.78, 5) is 14.7. The predicted octanol–water partition coefficient (Wildman–Crippen LogP) is 3.07. The standard InChI is InChI=1S/C15H18ClNO2/c1-19-14-6-2-10(3-7-14)15(18)17-12-4-5-13(17)9-11(16)8-12/h2-3,6-7,11-13H,4-5,8-9H2,1H3. The first-order valence-corrected chi connectivity index (χ1v) is 7.23. The molecule has 3 rings (SSSR count). The average Bonchev–Trinajstić information content (AvgIpc) is 2.70. The van der Waals surface area contributed by atoms with Gasteiger partial charge in [0.15, 0.2) is 0 Å². The summed E-state index contributed by atoms with van der Waals surface area (Å²) >= 11 is 6.25. The first-order valence-electron chi connectivity index (χ1n) is 6.80. The number of nitrogens with zero attached hydrogens (tertiary/aromatic N) is 1. The molecule has 2 aliphatic heterocycles. The predicted molar refractivity (Wildman–Crippen MR) is 74.8 cm³/mol. The van der Waals surface area contributed by atoms with E-state index in [0.29, 0.717) is 12.1 Å². The minimum Gasteiger partial charge on any atom is -0.497 e. The van der Waals surface area contributed by atoms with Gasteiger partial charge in [0.1, 0.15) is 5.75 Å². The molecule has 2 saturated heterocycles. The lowest BCUT2D eigenvalue weighted by atomic mass is 10.0. The van der Waals surface area contributed by atoms with Gasteiger partial charge in [-0.3, -0.25) is 4.79 Å².